The summed E-state index contributed by atoms with van der Waals surface area (Å²) in [6.07, 6.45) is 5.72. The zero-order chi connectivity index (χ0) is 14.8. The van der Waals surface area contributed by atoms with Crippen LogP contribution in [0.5, 0.6) is 0 Å². The van der Waals surface area contributed by atoms with Crippen LogP contribution in [-0.4, -0.2) is 35.5 Å². The van der Waals surface area contributed by atoms with Crippen molar-refractivity contribution in [3.63, 3.8) is 0 Å². The number of nitrogens with one attached hydrogen (secondary N) is 2. The molecule has 1 atom stereocenters. The number of H-pyrrole nitrogens is 1. The third-order valence-corrected chi connectivity index (χ3v) is 4.93. The zero-order valence-corrected chi connectivity index (χ0v) is 12.9. The van der Waals surface area contributed by atoms with Crippen molar-refractivity contribution in [1.82, 2.24) is 14.6 Å². The van der Waals surface area contributed by atoms with Gasteiger partial charge in [-0.3, -0.25) is 4.72 Å². The summed E-state index contributed by atoms with van der Waals surface area (Å²) in [5.74, 6) is 0. The number of likely N-dealkylation sites (tertiary alicyclic amines) is 1. The maximum absolute atomic E-state index is 10.8. The average molecular weight is 304 g/mol. The minimum atomic E-state index is -0.526. The lowest BCUT2D eigenvalue weighted by atomic mass is 10.0. The Morgan fingerprint density at radius 3 is 3.14 bits per heavy atom. The largest absolute Gasteiger partial charge is 0.361 e. The van der Waals surface area contributed by atoms with Gasteiger partial charge in [0, 0.05) is 28.0 Å². The van der Waals surface area contributed by atoms with Crippen molar-refractivity contribution >= 4 is 28.9 Å². The van der Waals surface area contributed by atoms with E-state index in [0.717, 1.165) is 16.8 Å². The second-order valence-corrected chi connectivity index (χ2v) is 6.45. The zero-order valence-electron chi connectivity index (χ0n) is 12.1. The lowest BCUT2D eigenvalue weighted by Crippen LogP contribution is -2.26. The van der Waals surface area contributed by atoms with Gasteiger partial charge in [0.1, 0.15) is 0 Å². The minimum Gasteiger partial charge on any atom is -0.361 e. The monoisotopic (exact) mass is 304 g/mol. The molecule has 4 N–H and O–H groups in total. The maximum atomic E-state index is 10.8. The van der Waals surface area contributed by atoms with Crippen molar-refractivity contribution in [2.24, 2.45) is 5.73 Å². The van der Waals surface area contributed by atoms with Crippen LogP contribution in [0.2, 0.25) is 0 Å². The Hall–Kier alpha value is -1.66. The number of benzene rings is 1. The first-order chi connectivity index (χ1) is 10.1. The molecule has 0 spiro atoms. The third kappa shape index (κ3) is 3.16. The van der Waals surface area contributed by atoms with Crippen molar-refractivity contribution in [1.29, 1.82) is 0 Å². The van der Waals surface area contributed by atoms with Gasteiger partial charge in [0.15, 0.2) is 0 Å². The van der Waals surface area contributed by atoms with Crippen molar-refractivity contribution in [2.45, 2.75) is 30.2 Å². The molecule has 6 heteroatoms. The van der Waals surface area contributed by atoms with E-state index in [4.69, 9.17) is 5.73 Å². The highest BCUT2D eigenvalue weighted by molar-refractivity contribution is 7.98. The Balaban J connectivity index is 1.81. The number of carbonyl (C=O) groups excluding carboxylic acids is 1. The summed E-state index contributed by atoms with van der Waals surface area (Å²) >= 11 is 1.25. The molecule has 1 saturated heterocycles. The summed E-state index contributed by atoms with van der Waals surface area (Å²) in [7, 11) is 2.20. The highest BCUT2D eigenvalue weighted by atomic mass is 32.2. The number of carbonyl (C=O) groups is 1. The number of likely N-dealkylation sites (N-methyl/N-ethyl adjacent to an activating group) is 1. The molecule has 21 heavy (non-hydrogen) atoms. The van der Waals surface area contributed by atoms with Crippen LogP contribution in [0.25, 0.3) is 10.9 Å². The quantitative estimate of drug-likeness (QED) is 0.760. The van der Waals surface area contributed by atoms with Crippen LogP contribution < -0.4 is 10.5 Å². The van der Waals surface area contributed by atoms with Crippen LogP contribution in [-0.2, 0) is 6.42 Å². The van der Waals surface area contributed by atoms with Gasteiger partial charge in [-0.2, -0.15) is 0 Å². The van der Waals surface area contributed by atoms with Crippen molar-refractivity contribution in [3.8, 4) is 0 Å². The number of amides is 2. The second-order valence-electron chi connectivity index (χ2n) is 5.57. The van der Waals surface area contributed by atoms with Gasteiger partial charge in [-0.05, 0) is 68.6 Å². The van der Waals surface area contributed by atoms with Gasteiger partial charge >= 0.3 is 6.03 Å². The van der Waals surface area contributed by atoms with Gasteiger partial charge in [0.2, 0.25) is 0 Å². The summed E-state index contributed by atoms with van der Waals surface area (Å²) in [6, 6.07) is 6.23. The number of aromatic amines is 1. The van der Waals surface area contributed by atoms with Gasteiger partial charge in [0.25, 0.3) is 0 Å². The van der Waals surface area contributed by atoms with Crippen LogP contribution in [0, 0.1) is 0 Å². The summed E-state index contributed by atoms with van der Waals surface area (Å²) in [5.41, 5.74) is 7.58. The molecule has 2 heterocycles. The number of fused-ring (bicyclic) bond motifs is 1. The number of nitrogens with two attached hydrogens (primary N) is 1. The highest BCUT2D eigenvalue weighted by Crippen LogP contribution is 2.27. The first-order valence-corrected chi connectivity index (χ1v) is 7.97. The molecule has 3 rings (SSSR count). The number of primary amides is 1. The van der Waals surface area contributed by atoms with E-state index in [-0.39, 0.29) is 0 Å². The smallest absolute Gasteiger partial charge is 0.322 e. The molecule has 1 aromatic carbocycles. The predicted molar refractivity (Wildman–Crippen MR) is 86.2 cm³/mol. The van der Waals surface area contributed by atoms with Gasteiger partial charge in [-0.25, -0.2) is 4.79 Å². The summed E-state index contributed by atoms with van der Waals surface area (Å²) < 4.78 is 2.56. The van der Waals surface area contributed by atoms with E-state index < -0.39 is 6.03 Å². The van der Waals surface area contributed by atoms with Gasteiger partial charge in [-0.15, -0.1) is 0 Å². The molecule has 1 aromatic heterocycles. The number of hydrogen-bond donors (Lipinski definition) is 3. The number of nitrogens with zero attached hydrogens (tertiary/aromatic N) is 1. The Bertz CT molecular complexity index is 654. The van der Waals surface area contributed by atoms with Crippen LogP contribution >= 0.6 is 11.9 Å². The molecule has 2 amide bonds. The van der Waals surface area contributed by atoms with Crippen molar-refractivity contribution < 1.29 is 4.79 Å². The van der Waals surface area contributed by atoms with E-state index in [2.05, 4.69) is 33.9 Å². The van der Waals surface area contributed by atoms with E-state index in [1.807, 2.05) is 12.1 Å². The van der Waals surface area contributed by atoms with E-state index in [0.29, 0.717) is 6.04 Å². The molecule has 1 aliphatic heterocycles. The number of aromatic nitrogens is 1. The Labute approximate surface area is 128 Å². The van der Waals surface area contributed by atoms with E-state index in [9.17, 15) is 4.79 Å². The molecule has 0 aliphatic carbocycles. The molecule has 0 radical (unpaired) electrons. The Kier molecular flexibility index (Phi) is 4.07. The topological polar surface area (TPSA) is 74.2 Å². The van der Waals surface area contributed by atoms with E-state index in [1.54, 1.807) is 0 Å². The molecule has 1 unspecified atom stereocenters. The summed E-state index contributed by atoms with van der Waals surface area (Å²) in [4.78, 5) is 17.6. The van der Waals surface area contributed by atoms with Gasteiger partial charge < -0.3 is 15.6 Å². The SMILES string of the molecule is CN1CCCC1Cc1c[nH]c2ccc(SNC(N)=O)cc12. The van der Waals surface area contributed by atoms with E-state index in [1.165, 1.54) is 42.3 Å². The molecular weight excluding hydrogens is 284 g/mol. The van der Waals surface area contributed by atoms with E-state index >= 15 is 0 Å². The normalized spacial score (nSPS) is 19.2. The molecular formula is C15H20N4OS. The number of hydrogen-bond acceptors (Lipinski definition) is 3. The van der Waals surface area contributed by atoms with Crippen molar-refractivity contribution in [2.75, 3.05) is 13.6 Å². The standard InChI is InChI=1S/C15H20N4OS/c1-19-6-2-3-11(19)7-10-9-17-14-5-4-12(8-13(10)14)21-18-15(16)20/h4-5,8-9,11,17H,2-3,6-7H2,1H3,(H3,16,18,20). The Morgan fingerprint density at radius 2 is 2.43 bits per heavy atom. The first-order valence-electron chi connectivity index (χ1n) is 7.16. The highest BCUT2D eigenvalue weighted by Gasteiger charge is 2.22. The molecule has 0 saturated carbocycles. The fraction of sp³-hybridized carbons (Fsp3) is 0.400. The lowest BCUT2D eigenvalue weighted by molar-refractivity contribution is 0.254. The van der Waals surface area contributed by atoms with Crippen molar-refractivity contribution in [3.05, 3.63) is 30.0 Å². The molecule has 1 aliphatic rings. The van der Waals surface area contributed by atoms with Crippen LogP contribution in [0.3, 0.4) is 0 Å². The lowest BCUT2D eigenvalue weighted by Gasteiger charge is -2.18. The maximum Gasteiger partial charge on any atom is 0.322 e. The number of urea groups is 1. The fourth-order valence-corrected chi connectivity index (χ4v) is 3.52. The molecule has 112 valence electrons. The predicted octanol–water partition coefficient (Wildman–Crippen LogP) is 2.48. The number of rotatable bonds is 4. The third-order valence-electron chi connectivity index (χ3n) is 4.14. The second kappa shape index (κ2) is 5.99. The van der Waals surface area contributed by atoms with Crippen LogP contribution in [0.15, 0.2) is 29.3 Å². The minimum absolute atomic E-state index is 0.526. The molecule has 2 aromatic rings. The summed E-state index contributed by atoms with van der Waals surface area (Å²) in [6.45, 7) is 1.19. The molecule has 1 fully saturated rings. The summed E-state index contributed by atoms with van der Waals surface area (Å²) in [5, 5.41) is 1.23. The Morgan fingerprint density at radius 1 is 1.57 bits per heavy atom. The molecule has 5 nitrogen and oxygen atoms in total. The molecule has 0 bridgehead atoms. The fourth-order valence-electron chi connectivity index (χ4n) is 2.99. The van der Waals surface area contributed by atoms with Crippen LogP contribution in [0.1, 0.15) is 18.4 Å². The van der Waals surface area contributed by atoms with Crippen LogP contribution in [0.4, 0.5) is 4.79 Å². The van der Waals surface area contributed by atoms with Gasteiger partial charge in [0.05, 0.1) is 0 Å². The average Bonchev–Trinajstić information content (AvgIpc) is 3.04. The first kappa shape index (κ1) is 14.3. The van der Waals surface area contributed by atoms with Gasteiger partial charge in [-0.1, -0.05) is 0 Å².